The summed E-state index contributed by atoms with van der Waals surface area (Å²) in [5.74, 6) is -2.56. The fraction of sp³-hybridized carbons (Fsp3) is 0.846. The third-order valence-electron chi connectivity index (χ3n) is 7.37. The molecule has 1 fully saturated rings. The van der Waals surface area contributed by atoms with E-state index in [0.29, 0.717) is 6.42 Å². The number of allylic oxidation sites excluding steroid dienone is 1. The van der Waals surface area contributed by atoms with E-state index in [1.165, 1.54) is 0 Å². The molecule has 0 amide bonds. The van der Waals surface area contributed by atoms with E-state index in [2.05, 4.69) is 33.9 Å². The highest BCUT2D eigenvalue weighted by Crippen LogP contribution is 2.41. The Hall–Kier alpha value is -1.02. The lowest BCUT2D eigenvalue weighted by Crippen LogP contribution is -2.48. The van der Waals surface area contributed by atoms with Gasteiger partial charge in [0.05, 0.1) is 18.1 Å². The molecule has 0 aliphatic carbocycles. The summed E-state index contributed by atoms with van der Waals surface area (Å²) in [7, 11) is -2.18. The van der Waals surface area contributed by atoms with E-state index in [0.717, 1.165) is 6.42 Å². The van der Waals surface area contributed by atoms with Gasteiger partial charge in [0.2, 0.25) is 0 Å². The molecule has 0 aromatic rings. The first-order chi connectivity index (χ1) is 14.8. The summed E-state index contributed by atoms with van der Waals surface area (Å²) in [5.41, 5.74) is -0.662. The summed E-state index contributed by atoms with van der Waals surface area (Å²) < 4.78 is 18.6. The van der Waals surface area contributed by atoms with Gasteiger partial charge in [-0.05, 0) is 76.7 Å². The Morgan fingerprint density at radius 2 is 1.70 bits per heavy atom. The molecule has 1 saturated heterocycles. The molecular weight excluding hydrogens is 436 g/mol. The van der Waals surface area contributed by atoms with Gasteiger partial charge < -0.3 is 19.0 Å². The highest BCUT2D eigenvalue weighted by molar-refractivity contribution is 6.74. The van der Waals surface area contributed by atoms with Crippen LogP contribution in [0.25, 0.3) is 0 Å². The molecule has 0 aromatic carbocycles. The van der Waals surface area contributed by atoms with Crippen LogP contribution >= 0.6 is 0 Å². The van der Waals surface area contributed by atoms with Gasteiger partial charge >= 0.3 is 5.97 Å². The molecule has 0 radical (unpaired) electrons. The number of carboxylic acids is 1. The van der Waals surface area contributed by atoms with Crippen molar-refractivity contribution in [3.63, 3.8) is 0 Å². The number of hydrogen-bond donors (Lipinski definition) is 1. The van der Waals surface area contributed by atoms with Crippen molar-refractivity contribution in [1.29, 1.82) is 0 Å². The Balaban J connectivity index is 2.97. The molecule has 6 atom stereocenters. The maximum atomic E-state index is 13.0. The van der Waals surface area contributed by atoms with Gasteiger partial charge in [-0.15, -0.1) is 0 Å². The van der Waals surface area contributed by atoms with Crippen LogP contribution in [0.15, 0.2) is 12.2 Å². The van der Waals surface area contributed by atoms with E-state index >= 15 is 0 Å². The van der Waals surface area contributed by atoms with Crippen LogP contribution in [0, 0.1) is 17.8 Å². The summed E-state index contributed by atoms with van der Waals surface area (Å²) in [4.78, 5) is 24.8. The van der Waals surface area contributed by atoms with E-state index in [4.69, 9.17) is 13.9 Å². The zero-order valence-corrected chi connectivity index (χ0v) is 23.9. The standard InChI is InChI=1S/C26H48O6Si/c1-13-21-26(10,32-25(8,9)30-21)15-14-20(27)17(2)16-18(3)22(19(4)23(28)29)31-33(11,12)24(5,6)7/h14-15,17-19,21-22H,13,16H2,1-12H3,(H,28,29)/b15-14+/t17-,18-,19+,21+,22-,26-/m0/s1. The fourth-order valence-electron chi connectivity index (χ4n) is 4.30. The average Bonchev–Trinajstić information content (AvgIpc) is 2.90. The normalized spacial score (nSPS) is 27.3. The predicted molar refractivity (Wildman–Crippen MR) is 135 cm³/mol. The molecule has 1 N–H and O–H groups in total. The minimum absolute atomic E-state index is 0.000267. The van der Waals surface area contributed by atoms with Gasteiger partial charge in [0, 0.05) is 5.92 Å². The van der Waals surface area contributed by atoms with Crippen molar-refractivity contribution in [2.75, 3.05) is 0 Å². The first-order valence-corrected chi connectivity index (χ1v) is 15.2. The molecule has 0 saturated carbocycles. The molecule has 33 heavy (non-hydrogen) atoms. The average molecular weight is 485 g/mol. The molecule has 192 valence electrons. The molecule has 1 aliphatic heterocycles. The van der Waals surface area contributed by atoms with Crippen molar-refractivity contribution in [3.05, 3.63) is 12.2 Å². The second-order valence-electron chi connectivity index (χ2n) is 12.0. The summed E-state index contributed by atoms with van der Waals surface area (Å²) in [5, 5.41) is 9.67. The highest BCUT2D eigenvalue weighted by atomic mass is 28.4. The smallest absolute Gasteiger partial charge is 0.308 e. The first kappa shape index (κ1) is 30.0. The molecule has 0 aromatic heterocycles. The molecule has 1 aliphatic rings. The van der Waals surface area contributed by atoms with Crippen LogP contribution in [0.4, 0.5) is 0 Å². The zero-order valence-electron chi connectivity index (χ0n) is 22.9. The number of aliphatic carboxylic acids is 1. The van der Waals surface area contributed by atoms with Crippen molar-refractivity contribution in [2.24, 2.45) is 17.8 Å². The van der Waals surface area contributed by atoms with E-state index < -0.39 is 37.7 Å². The Morgan fingerprint density at radius 1 is 1.15 bits per heavy atom. The van der Waals surface area contributed by atoms with E-state index in [1.807, 2.05) is 47.6 Å². The van der Waals surface area contributed by atoms with Crippen molar-refractivity contribution < 1.29 is 28.6 Å². The lowest BCUT2D eigenvalue weighted by atomic mass is 9.85. The summed E-state index contributed by atoms with van der Waals surface area (Å²) in [6.07, 6.45) is 4.20. The molecule has 0 unspecified atom stereocenters. The maximum absolute atomic E-state index is 13.0. The van der Waals surface area contributed by atoms with Crippen LogP contribution in [0.1, 0.15) is 82.1 Å². The molecule has 6 nitrogen and oxygen atoms in total. The highest BCUT2D eigenvalue weighted by Gasteiger charge is 2.48. The quantitative estimate of drug-likeness (QED) is 0.277. The minimum atomic E-state index is -2.18. The van der Waals surface area contributed by atoms with Crippen LogP contribution in [-0.2, 0) is 23.5 Å². The van der Waals surface area contributed by atoms with Gasteiger partial charge in [-0.1, -0.05) is 41.5 Å². The van der Waals surface area contributed by atoms with Crippen molar-refractivity contribution in [2.45, 2.75) is 124 Å². The Labute approximate surface area is 202 Å². The SMILES string of the molecule is CC[C@H]1OC(C)(C)O[C@@]1(C)/C=C/C(=O)[C@@H](C)C[C@H](C)[C@H](O[Si](C)(C)C(C)(C)C)[C@@H](C)C(=O)O. The molecular formula is C26H48O6Si. The van der Waals surface area contributed by atoms with Crippen LogP contribution in [0.5, 0.6) is 0 Å². The number of ether oxygens (including phenoxy) is 2. The van der Waals surface area contributed by atoms with Crippen molar-refractivity contribution in [3.8, 4) is 0 Å². The second kappa shape index (κ2) is 10.7. The van der Waals surface area contributed by atoms with Crippen molar-refractivity contribution in [1.82, 2.24) is 0 Å². The Bertz CT molecular complexity index is 723. The Kier molecular flexibility index (Phi) is 9.74. The van der Waals surface area contributed by atoms with Crippen LogP contribution in [-0.4, -0.2) is 48.8 Å². The van der Waals surface area contributed by atoms with Crippen molar-refractivity contribution >= 4 is 20.1 Å². The monoisotopic (exact) mass is 484 g/mol. The van der Waals surface area contributed by atoms with E-state index in [-0.39, 0.29) is 28.8 Å². The van der Waals surface area contributed by atoms with Gasteiger partial charge in [-0.2, -0.15) is 0 Å². The largest absolute Gasteiger partial charge is 0.481 e. The first-order valence-electron chi connectivity index (χ1n) is 12.3. The molecule has 0 bridgehead atoms. The molecule has 1 heterocycles. The third-order valence-corrected chi connectivity index (χ3v) is 11.8. The van der Waals surface area contributed by atoms with Crippen LogP contribution in [0.2, 0.25) is 18.1 Å². The van der Waals surface area contributed by atoms with Crippen LogP contribution in [0.3, 0.4) is 0 Å². The van der Waals surface area contributed by atoms with Gasteiger partial charge in [0.15, 0.2) is 19.9 Å². The molecule has 1 rings (SSSR count). The summed E-state index contributed by atoms with van der Waals surface area (Å²) in [6.45, 7) is 24.0. The lowest BCUT2D eigenvalue weighted by Gasteiger charge is -2.42. The number of carbonyl (C=O) groups is 2. The predicted octanol–water partition coefficient (Wildman–Crippen LogP) is 6.21. The van der Waals surface area contributed by atoms with Gasteiger partial charge in [-0.3, -0.25) is 9.59 Å². The zero-order chi connectivity index (χ0) is 26.0. The Morgan fingerprint density at radius 3 is 2.15 bits per heavy atom. The maximum Gasteiger partial charge on any atom is 0.308 e. The van der Waals surface area contributed by atoms with Gasteiger partial charge in [0.25, 0.3) is 0 Å². The summed E-state index contributed by atoms with van der Waals surface area (Å²) in [6, 6.07) is 0. The fourth-order valence-corrected chi connectivity index (χ4v) is 5.77. The van der Waals surface area contributed by atoms with Gasteiger partial charge in [-0.25, -0.2) is 0 Å². The number of carboxylic acid groups (broad SMARTS) is 1. The topological polar surface area (TPSA) is 82.1 Å². The minimum Gasteiger partial charge on any atom is -0.481 e. The van der Waals surface area contributed by atoms with E-state index in [9.17, 15) is 14.7 Å². The third kappa shape index (κ3) is 7.74. The summed E-state index contributed by atoms with van der Waals surface area (Å²) >= 11 is 0. The number of rotatable bonds is 11. The van der Waals surface area contributed by atoms with Crippen LogP contribution < -0.4 is 0 Å². The van der Waals surface area contributed by atoms with E-state index in [1.54, 1.807) is 13.0 Å². The van der Waals surface area contributed by atoms with Gasteiger partial charge in [0.1, 0.15) is 5.60 Å². The molecule has 7 heteroatoms. The number of carbonyl (C=O) groups excluding carboxylic acids is 1. The number of ketones is 1. The number of hydrogen-bond acceptors (Lipinski definition) is 5. The second-order valence-corrected chi connectivity index (χ2v) is 16.8. The molecule has 0 spiro atoms. The lowest BCUT2D eigenvalue weighted by molar-refractivity contribution is -0.153.